The molecule has 3 heterocycles. The average Bonchev–Trinajstić information content (AvgIpc) is 3.18. The molecule has 0 spiro atoms. The minimum absolute atomic E-state index is 0.591. The summed E-state index contributed by atoms with van der Waals surface area (Å²) in [5.41, 5.74) is 15.3. The fourth-order valence-electron chi connectivity index (χ4n) is 6.75. The molecule has 52 heavy (non-hydrogen) atoms. The van der Waals surface area contributed by atoms with Crippen molar-refractivity contribution in [3.8, 4) is 78.7 Å². The molecular weight excluding hydrogens is 635 g/mol. The van der Waals surface area contributed by atoms with Crippen LogP contribution in [-0.2, 0) is 0 Å². The van der Waals surface area contributed by atoms with Gasteiger partial charge in [0, 0.05) is 50.6 Å². The molecule has 0 radical (unpaired) electrons. The van der Waals surface area contributed by atoms with E-state index in [1.807, 2.05) is 26.0 Å². The highest BCUT2D eigenvalue weighted by molar-refractivity contribution is 5.82. The predicted molar refractivity (Wildman–Crippen MR) is 212 cm³/mol. The van der Waals surface area contributed by atoms with E-state index < -0.39 is 0 Å². The Balaban J connectivity index is 1.35. The summed E-state index contributed by atoms with van der Waals surface area (Å²) in [6, 6.07) is 52.6. The SMILES string of the molecule is Cc1ccc(-c2cc(-c3nc(-c4cccc(-c5ccccc5)c4)nc(-c4cccc(-c5ccccc5)c4)n3)cc(-c3ccc(C)nc3C)c2)c(C)n1. The number of rotatable bonds is 7. The lowest BCUT2D eigenvalue weighted by atomic mass is 9.94. The Bertz CT molecular complexity index is 2390. The van der Waals surface area contributed by atoms with Crippen LogP contribution < -0.4 is 0 Å². The molecule has 0 saturated carbocycles. The minimum Gasteiger partial charge on any atom is -0.258 e. The zero-order valence-corrected chi connectivity index (χ0v) is 29.7. The Hall–Kier alpha value is -6.59. The maximum atomic E-state index is 5.20. The Kier molecular flexibility index (Phi) is 8.76. The third-order valence-corrected chi connectivity index (χ3v) is 9.35. The molecule has 0 aliphatic rings. The zero-order chi connectivity index (χ0) is 35.6. The molecule has 250 valence electrons. The van der Waals surface area contributed by atoms with Gasteiger partial charge in [-0.25, -0.2) is 15.0 Å². The number of aromatic nitrogens is 5. The monoisotopic (exact) mass is 671 g/mol. The predicted octanol–water partition coefficient (Wildman–Crippen LogP) is 11.6. The molecule has 5 heteroatoms. The number of nitrogens with zero attached hydrogens (tertiary/aromatic N) is 5. The van der Waals surface area contributed by atoms with Crippen molar-refractivity contribution in [2.75, 3.05) is 0 Å². The molecule has 5 nitrogen and oxygen atoms in total. The Morgan fingerprint density at radius 1 is 0.269 bits per heavy atom. The first-order valence-corrected chi connectivity index (χ1v) is 17.5. The number of pyridine rings is 2. The van der Waals surface area contributed by atoms with Gasteiger partial charge in [-0.05, 0) is 104 Å². The standard InChI is InChI=1S/C47H37N5/c1-30-21-23-43(32(3)48-30)40-27-41(44-24-22-31(2)49-33(44)4)29-42(28-40)47-51-45(38-19-11-17-36(25-38)34-13-7-5-8-14-34)50-46(52-47)39-20-12-18-37(26-39)35-15-9-6-10-16-35/h5-29H,1-4H3. The van der Waals surface area contributed by atoms with Crippen molar-refractivity contribution in [2.45, 2.75) is 27.7 Å². The van der Waals surface area contributed by atoms with E-state index in [4.69, 9.17) is 24.9 Å². The number of hydrogen-bond donors (Lipinski definition) is 0. The van der Waals surface area contributed by atoms with Gasteiger partial charge in [-0.15, -0.1) is 0 Å². The number of aryl methyl sites for hydroxylation is 4. The molecule has 0 saturated heterocycles. The van der Waals surface area contributed by atoms with Gasteiger partial charge >= 0.3 is 0 Å². The molecule has 0 atom stereocenters. The molecule has 8 rings (SSSR count). The van der Waals surface area contributed by atoms with Crippen molar-refractivity contribution in [2.24, 2.45) is 0 Å². The fourth-order valence-corrected chi connectivity index (χ4v) is 6.75. The third-order valence-electron chi connectivity index (χ3n) is 9.35. The van der Waals surface area contributed by atoms with Crippen LogP contribution in [0.4, 0.5) is 0 Å². The van der Waals surface area contributed by atoms with Gasteiger partial charge in [0.05, 0.1) is 0 Å². The normalized spacial score (nSPS) is 11.1. The van der Waals surface area contributed by atoms with Crippen molar-refractivity contribution in [1.29, 1.82) is 0 Å². The summed E-state index contributed by atoms with van der Waals surface area (Å²) >= 11 is 0. The highest BCUT2D eigenvalue weighted by atomic mass is 15.0. The van der Waals surface area contributed by atoms with Gasteiger partial charge in [0.1, 0.15) is 0 Å². The van der Waals surface area contributed by atoms with E-state index in [0.717, 1.165) is 84.0 Å². The zero-order valence-electron chi connectivity index (χ0n) is 29.7. The van der Waals surface area contributed by atoms with E-state index in [1.165, 1.54) is 0 Å². The Labute approximate surface area is 304 Å². The van der Waals surface area contributed by atoms with Crippen molar-refractivity contribution in [3.63, 3.8) is 0 Å². The second-order valence-corrected chi connectivity index (χ2v) is 13.2. The molecule has 0 N–H and O–H groups in total. The third kappa shape index (κ3) is 6.77. The molecular formula is C47H37N5. The van der Waals surface area contributed by atoms with Crippen LogP contribution >= 0.6 is 0 Å². The number of benzene rings is 5. The van der Waals surface area contributed by atoms with Gasteiger partial charge in [0.25, 0.3) is 0 Å². The molecule has 3 aromatic heterocycles. The van der Waals surface area contributed by atoms with Crippen LogP contribution in [0.15, 0.2) is 152 Å². The highest BCUT2D eigenvalue weighted by Gasteiger charge is 2.17. The highest BCUT2D eigenvalue weighted by Crippen LogP contribution is 2.36. The quantitative estimate of drug-likeness (QED) is 0.169. The van der Waals surface area contributed by atoms with Crippen LogP contribution in [0.3, 0.4) is 0 Å². The second-order valence-electron chi connectivity index (χ2n) is 13.2. The maximum absolute atomic E-state index is 5.20. The first kappa shape index (κ1) is 32.6. The smallest absolute Gasteiger partial charge is 0.164 e. The molecule has 8 aromatic rings. The molecule has 0 aliphatic carbocycles. The van der Waals surface area contributed by atoms with E-state index in [0.29, 0.717) is 17.5 Å². The average molecular weight is 672 g/mol. The summed E-state index contributed by atoms with van der Waals surface area (Å²) in [5.74, 6) is 1.81. The summed E-state index contributed by atoms with van der Waals surface area (Å²) in [4.78, 5) is 25.2. The lowest BCUT2D eigenvalue weighted by Crippen LogP contribution is -2.01. The van der Waals surface area contributed by atoms with Crippen molar-refractivity contribution < 1.29 is 0 Å². The van der Waals surface area contributed by atoms with Crippen LogP contribution in [0.1, 0.15) is 22.8 Å². The molecule has 0 aliphatic heterocycles. The summed E-state index contributed by atoms with van der Waals surface area (Å²) in [6.07, 6.45) is 0. The number of hydrogen-bond acceptors (Lipinski definition) is 5. The van der Waals surface area contributed by atoms with Crippen molar-refractivity contribution in [1.82, 2.24) is 24.9 Å². The topological polar surface area (TPSA) is 64.5 Å². The molecule has 0 amide bonds. The summed E-state index contributed by atoms with van der Waals surface area (Å²) in [6.45, 7) is 8.17. The van der Waals surface area contributed by atoms with Gasteiger partial charge in [-0.2, -0.15) is 0 Å². The van der Waals surface area contributed by atoms with Crippen molar-refractivity contribution in [3.05, 3.63) is 174 Å². The van der Waals surface area contributed by atoms with Crippen LogP contribution in [-0.4, -0.2) is 24.9 Å². The molecule has 0 unspecified atom stereocenters. The van der Waals surface area contributed by atoms with Crippen LogP contribution in [0.2, 0.25) is 0 Å². The Morgan fingerprint density at radius 2 is 0.615 bits per heavy atom. The van der Waals surface area contributed by atoms with Gasteiger partial charge in [-0.3, -0.25) is 9.97 Å². The van der Waals surface area contributed by atoms with Gasteiger partial charge < -0.3 is 0 Å². The molecule has 5 aromatic carbocycles. The molecule has 0 bridgehead atoms. The largest absolute Gasteiger partial charge is 0.258 e. The van der Waals surface area contributed by atoms with E-state index in [-0.39, 0.29) is 0 Å². The minimum atomic E-state index is 0.591. The van der Waals surface area contributed by atoms with Gasteiger partial charge in [-0.1, -0.05) is 109 Å². The van der Waals surface area contributed by atoms with Crippen LogP contribution in [0.25, 0.3) is 78.7 Å². The van der Waals surface area contributed by atoms with E-state index in [9.17, 15) is 0 Å². The fraction of sp³-hybridized carbons (Fsp3) is 0.0851. The van der Waals surface area contributed by atoms with Gasteiger partial charge in [0.2, 0.25) is 0 Å². The van der Waals surface area contributed by atoms with Gasteiger partial charge in [0.15, 0.2) is 17.5 Å². The van der Waals surface area contributed by atoms with E-state index >= 15 is 0 Å². The maximum Gasteiger partial charge on any atom is 0.164 e. The lowest BCUT2D eigenvalue weighted by Gasteiger charge is -2.15. The van der Waals surface area contributed by atoms with Crippen molar-refractivity contribution >= 4 is 0 Å². The lowest BCUT2D eigenvalue weighted by molar-refractivity contribution is 1.07. The first-order valence-electron chi connectivity index (χ1n) is 17.5. The second kappa shape index (κ2) is 14.0. The summed E-state index contributed by atoms with van der Waals surface area (Å²) in [7, 11) is 0. The Morgan fingerprint density at radius 3 is 1.04 bits per heavy atom. The van der Waals surface area contributed by atoms with Crippen LogP contribution in [0.5, 0.6) is 0 Å². The van der Waals surface area contributed by atoms with Crippen LogP contribution in [0, 0.1) is 27.7 Å². The first-order chi connectivity index (χ1) is 25.4. The van der Waals surface area contributed by atoms with E-state index in [2.05, 4.69) is 153 Å². The molecule has 0 fully saturated rings. The summed E-state index contributed by atoms with van der Waals surface area (Å²) in [5, 5.41) is 0. The van der Waals surface area contributed by atoms with E-state index in [1.54, 1.807) is 0 Å². The summed E-state index contributed by atoms with van der Waals surface area (Å²) < 4.78 is 0.